The number of benzene rings is 1. The van der Waals surface area contributed by atoms with Crippen LogP contribution in [0.3, 0.4) is 0 Å². The Bertz CT molecular complexity index is 396. The summed E-state index contributed by atoms with van der Waals surface area (Å²) in [6.45, 7) is 9.14. The molecular weight excluding hydrogens is 317 g/mol. The van der Waals surface area contributed by atoms with E-state index in [4.69, 9.17) is 9.47 Å². The van der Waals surface area contributed by atoms with Gasteiger partial charge in [0.1, 0.15) is 6.10 Å². The van der Waals surface area contributed by atoms with Crippen molar-refractivity contribution in [3.63, 3.8) is 0 Å². The quantitative estimate of drug-likeness (QED) is 0.483. The van der Waals surface area contributed by atoms with Crippen LogP contribution in [-0.4, -0.2) is 5.97 Å². The molecule has 0 bridgehead atoms. The first-order chi connectivity index (χ1) is 8.70. The largest absolute Gasteiger partial charge is 0.552 e. The molecule has 3 nitrogen and oxygen atoms in total. The third kappa shape index (κ3) is 5.17. The number of hydrogen-bond donors (Lipinski definition) is 0. The van der Waals surface area contributed by atoms with Gasteiger partial charge in [-0.2, -0.15) is 6.92 Å². The third-order valence-electron chi connectivity index (χ3n) is 2.59. The van der Waals surface area contributed by atoms with Crippen molar-refractivity contribution in [3.8, 4) is 0 Å². The van der Waals surface area contributed by atoms with Gasteiger partial charge in [0.25, 0.3) is 0 Å². The van der Waals surface area contributed by atoms with Gasteiger partial charge in [0.15, 0.2) is 0 Å². The van der Waals surface area contributed by atoms with E-state index in [0.717, 1.165) is 11.1 Å². The maximum Gasteiger partial charge on any atom is 0.334 e. The van der Waals surface area contributed by atoms with Crippen LogP contribution in [0.25, 0.3) is 0 Å². The van der Waals surface area contributed by atoms with E-state index in [-0.39, 0.29) is 44.8 Å². The van der Waals surface area contributed by atoms with Crippen LogP contribution >= 0.6 is 0 Å². The fourth-order valence-electron chi connectivity index (χ4n) is 1.69. The summed E-state index contributed by atoms with van der Waals surface area (Å²) in [6, 6.07) is 7.75. The minimum Gasteiger partial charge on any atom is -0.552 e. The molecule has 0 spiro atoms. The van der Waals surface area contributed by atoms with Gasteiger partial charge in [0, 0.05) is 51.3 Å². The van der Waals surface area contributed by atoms with E-state index in [9.17, 15) is 4.79 Å². The Kier molecular flexibility index (Phi) is 9.16. The number of carbonyl (C=O) groups excluding carboxylic acids is 1. The zero-order chi connectivity index (χ0) is 13.5. The number of carbonyl (C=O) groups is 1. The Labute approximate surface area is 140 Å². The average molecular weight is 335 g/mol. The molecule has 1 heterocycles. The van der Waals surface area contributed by atoms with Crippen LogP contribution in [0.2, 0.25) is 0 Å². The molecule has 1 fully saturated rings. The van der Waals surface area contributed by atoms with Crippen molar-refractivity contribution in [3.05, 3.63) is 61.6 Å². The minimum absolute atomic E-state index is 0. The van der Waals surface area contributed by atoms with Crippen LogP contribution in [0.4, 0.5) is 0 Å². The van der Waals surface area contributed by atoms with Gasteiger partial charge < -0.3 is 16.4 Å². The molecule has 1 aliphatic rings. The molecule has 1 radical (unpaired) electrons. The van der Waals surface area contributed by atoms with Gasteiger partial charge in [-0.1, -0.05) is 30.8 Å². The molecule has 1 atom stereocenters. The molecule has 2 rings (SSSR count). The molecule has 1 aliphatic heterocycles. The summed E-state index contributed by atoms with van der Waals surface area (Å²) >= 11 is 0. The maximum atomic E-state index is 11.2. The SMILES string of the molecule is C=C1CC(c2ccc(CO[CH2-])cc2)OC1=O.[CH2-]C.[Y]. The van der Waals surface area contributed by atoms with Crippen LogP contribution in [0.15, 0.2) is 36.4 Å². The second-order valence-corrected chi connectivity index (χ2v) is 3.79. The topological polar surface area (TPSA) is 35.5 Å². The summed E-state index contributed by atoms with van der Waals surface area (Å²) in [6.07, 6.45) is 0.388. The smallest absolute Gasteiger partial charge is 0.334 e. The van der Waals surface area contributed by atoms with E-state index in [2.05, 4.69) is 20.6 Å². The zero-order valence-corrected chi connectivity index (χ0v) is 14.1. The molecule has 0 aliphatic carbocycles. The summed E-state index contributed by atoms with van der Waals surface area (Å²) in [5, 5.41) is 0. The van der Waals surface area contributed by atoms with E-state index in [1.165, 1.54) is 0 Å². The predicted molar refractivity (Wildman–Crippen MR) is 70.2 cm³/mol. The van der Waals surface area contributed by atoms with E-state index in [1.54, 1.807) is 6.92 Å². The monoisotopic (exact) mass is 335 g/mol. The zero-order valence-electron chi connectivity index (χ0n) is 11.2. The van der Waals surface area contributed by atoms with Gasteiger partial charge >= 0.3 is 5.97 Å². The summed E-state index contributed by atoms with van der Waals surface area (Å²) in [5.74, 6) is -0.296. The second kappa shape index (κ2) is 9.41. The molecule has 101 valence electrons. The first-order valence-electron chi connectivity index (χ1n) is 5.76. The predicted octanol–water partition coefficient (Wildman–Crippen LogP) is 3.38. The molecule has 0 aromatic heterocycles. The van der Waals surface area contributed by atoms with E-state index >= 15 is 0 Å². The molecular formula is C15H18O3Y-2. The van der Waals surface area contributed by atoms with E-state index < -0.39 is 0 Å². The van der Waals surface area contributed by atoms with Gasteiger partial charge in [0.05, 0.1) is 0 Å². The number of cyclic esters (lactones) is 1. The van der Waals surface area contributed by atoms with Crippen LogP contribution in [0.1, 0.15) is 30.6 Å². The summed E-state index contributed by atoms with van der Waals surface area (Å²) in [5.41, 5.74) is 2.57. The number of hydrogen-bond acceptors (Lipinski definition) is 3. The molecule has 1 aromatic carbocycles. The van der Waals surface area contributed by atoms with Crippen LogP contribution < -0.4 is 0 Å². The van der Waals surface area contributed by atoms with Crippen LogP contribution in [0, 0.1) is 14.0 Å². The summed E-state index contributed by atoms with van der Waals surface area (Å²) < 4.78 is 9.96. The Balaban J connectivity index is 0.00000103. The van der Waals surface area contributed by atoms with Crippen LogP contribution in [-0.2, 0) is 53.6 Å². The Morgan fingerprint density at radius 3 is 2.37 bits per heavy atom. The second-order valence-electron chi connectivity index (χ2n) is 3.79. The number of rotatable bonds is 3. The molecule has 0 amide bonds. The van der Waals surface area contributed by atoms with Gasteiger partial charge in [0.2, 0.25) is 0 Å². The van der Waals surface area contributed by atoms with Crippen molar-refractivity contribution >= 4 is 5.97 Å². The average Bonchev–Trinajstić information content (AvgIpc) is 2.73. The molecule has 4 heteroatoms. The van der Waals surface area contributed by atoms with E-state index in [1.807, 2.05) is 24.3 Å². The molecule has 0 N–H and O–H groups in total. The third-order valence-corrected chi connectivity index (χ3v) is 2.59. The van der Waals surface area contributed by atoms with Crippen molar-refractivity contribution in [1.82, 2.24) is 0 Å². The minimum atomic E-state index is -0.296. The number of esters is 1. The van der Waals surface area contributed by atoms with Gasteiger partial charge in [-0.25, -0.2) is 11.9 Å². The van der Waals surface area contributed by atoms with Gasteiger partial charge in [-0.3, -0.25) is 0 Å². The van der Waals surface area contributed by atoms with Crippen LogP contribution in [0.5, 0.6) is 0 Å². The van der Waals surface area contributed by atoms with Gasteiger partial charge in [-0.05, 0) is 11.1 Å². The summed E-state index contributed by atoms with van der Waals surface area (Å²) in [4.78, 5) is 11.2. The maximum absolute atomic E-state index is 11.2. The van der Waals surface area contributed by atoms with Crippen molar-refractivity contribution in [2.75, 3.05) is 0 Å². The first-order valence-corrected chi connectivity index (χ1v) is 5.76. The van der Waals surface area contributed by atoms with Gasteiger partial charge in [-0.15, -0.1) is 0 Å². The fourth-order valence-corrected chi connectivity index (χ4v) is 1.69. The molecule has 19 heavy (non-hydrogen) atoms. The van der Waals surface area contributed by atoms with Crippen molar-refractivity contribution in [2.45, 2.75) is 26.1 Å². The number of ether oxygens (including phenoxy) is 2. The standard InChI is InChI=1S/C13H13O3.C2H5.Y/c1-9-7-12(16-13(9)14)11-5-3-10(4-6-11)8-15-2;1-2;/h3-6,12H,1-2,7-8H2;1H2,2H3;/q2*-1;. The Morgan fingerprint density at radius 1 is 1.37 bits per heavy atom. The first kappa shape index (κ1) is 18.5. The van der Waals surface area contributed by atoms with Crippen molar-refractivity contribution in [2.24, 2.45) is 0 Å². The molecule has 1 saturated heterocycles. The molecule has 1 aromatic rings. The normalized spacial score (nSPS) is 17.1. The Hall–Kier alpha value is -0.506. The van der Waals surface area contributed by atoms with Crippen molar-refractivity contribution < 1.29 is 47.0 Å². The fraction of sp³-hybridized carbons (Fsp3) is 0.267. The Morgan fingerprint density at radius 2 is 1.95 bits per heavy atom. The summed E-state index contributed by atoms with van der Waals surface area (Å²) in [7, 11) is 3.32. The molecule has 0 saturated carbocycles. The molecule has 1 unspecified atom stereocenters. The van der Waals surface area contributed by atoms with E-state index in [0.29, 0.717) is 18.6 Å². The van der Waals surface area contributed by atoms with Crippen molar-refractivity contribution in [1.29, 1.82) is 0 Å².